The third-order valence-electron chi connectivity index (χ3n) is 1.58. The zero-order chi connectivity index (χ0) is 10.2. The van der Waals surface area contributed by atoms with Crippen LogP contribution < -0.4 is 10.6 Å². The molecule has 0 fully saturated rings. The van der Waals surface area contributed by atoms with E-state index in [1.165, 1.54) is 0 Å². The van der Waals surface area contributed by atoms with Gasteiger partial charge in [-0.05, 0) is 11.6 Å². The molecule has 5 nitrogen and oxygen atoms in total. The second-order valence-electron chi connectivity index (χ2n) is 2.52. The lowest BCUT2D eigenvalue weighted by Gasteiger charge is -2.05. The lowest BCUT2D eigenvalue weighted by atomic mass is 10.3. The highest BCUT2D eigenvalue weighted by atomic mass is 15.2. The number of nitriles is 1. The summed E-state index contributed by atoms with van der Waals surface area (Å²) in [5.74, 6) is 0.455. The van der Waals surface area contributed by atoms with Crippen LogP contribution in [0.15, 0.2) is 29.5 Å². The van der Waals surface area contributed by atoms with Gasteiger partial charge in [0.1, 0.15) is 0 Å². The Morgan fingerprint density at radius 2 is 2.57 bits per heavy atom. The molecule has 0 aliphatic rings. The number of nitrogens with zero attached hydrogens (tertiary/aromatic N) is 3. The van der Waals surface area contributed by atoms with E-state index in [0.29, 0.717) is 12.5 Å². The first-order valence-electron chi connectivity index (χ1n) is 4.11. The van der Waals surface area contributed by atoms with Crippen molar-refractivity contribution in [3.05, 3.63) is 30.1 Å². The summed E-state index contributed by atoms with van der Waals surface area (Å²) in [5.41, 5.74) is 1.04. The fourth-order valence-corrected chi connectivity index (χ4v) is 0.921. The first kappa shape index (κ1) is 9.99. The van der Waals surface area contributed by atoms with Crippen molar-refractivity contribution >= 4 is 5.96 Å². The molecule has 0 aliphatic heterocycles. The lowest BCUT2D eigenvalue weighted by molar-refractivity contribution is 0.873. The number of aliphatic imine (C=N–C) groups is 1. The van der Waals surface area contributed by atoms with Crippen molar-refractivity contribution in [1.82, 2.24) is 15.6 Å². The largest absolute Gasteiger partial charge is 0.351 e. The molecule has 14 heavy (non-hydrogen) atoms. The van der Waals surface area contributed by atoms with Crippen LogP contribution in [-0.4, -0.2) is 18.0 Å². The van der Waals surface area contributed by atoms with Crippen LogP contribution in [0.25, 0.3) is 0 Å². The Kier molecular flexibility index (Phi) is 3.95. The molecule has 1 heterocycles. The SMILES string of the molecule is CN=C(NC#N)NCc1cccnc1. The van der Waals surface area contributed by atoms with Crippen LogP contribution in [0, 0.1) is 11.5 Å². The molecule has 1 aromatic heterocycles. The Balaban J connectivity index is 2.45. The van der Waals surface area contributed by atoms with E-state index in [9.17, 15) is 0 Å². The minimum Gasteiger partial charge on any atom is -0.351 e. The van der Waals surface area contributed by atoms with E-state index in [2.05, 4.69) is 20.6 Å². The van der Waals surface area contributed by atoms with Crippen molar-refractivity contribution in [3.63, 3.8) is 0 Å². The molecule has 0 aliphatic carbocycles. The van der Waals surface area contributed by atoms with Gasteiger partial charge in [-0.25, -0.2) is 0 Å². The van der Waals surface area contributed by atoms with Crippen molar-refractivity contribution in [2.45, 2.75) is 6.54 Å². The smallest absolute Gasteiger partial charge is 0.204 e. The zero-order valence-corrected chi connectivity index (χ0v) is 7.86. The molecule has 0 bridgehead atoms. The molecule has 5 heteroatoms. The molecule has 0 aromatic carbocycles. The Hall–Kier alpha value is -2.09. The lowest BCUT2D eigenvalue weighted by Crippen LogP contribution is -2.33. The van der Waals surface area contributed by atoms with Crippen molar-refractivity contribution in [1.29, 1.82) is 5.26 Å². The normalized spacial score (nSPS) is 10.4. The first-order chi connectivity index (χ1) is 6.86. The van der Waals surface area contributed by atoms with Crippen LogP contribution in [-0.2, 0) is 6.54 Å². The summed E-state index contributed by atoms with van der Waals surface area (Å²) in [7, 11) is 1.61. The summed E-state index contributed by atoms with van der Waals surface area (Å²) in [4.78, 5) is 7.81. The molecular weight excluding hydrogens is 178 g/mol. The third-order valence-corrected chi connectivity index (χ3v) is 1.58. The van der Waals surface area contributed by atoms with Gasteiger partial charge in [0, 0.05) is 26.0 Å². The standard InChI is InChI=1S/C9H11N5/c1-11-9(14-7-10)13-6-8-3-2-4-12-5-8/h2-5H,6H2,1H3,(H2,11,13,14). The Labute approximate surface area is 82.5 Å². The average molecular weight is 189 g/mol. The summed E-state index contributed by atoms with van der Waals surface area (Å²) in [6.45, 7) is 0.592. The van der Waals surface area contributed by atoms with E-state index in [1.54, 1.807) is 25.6 Å². The molecule has 0 saturated carbocycles. The highest BCUT2D eigenvalue weighted by molar-refractivity contribution is 5.80. The number of rotatable bonds is 2. The van der Waals surface area contributed by atoms with Gasteiger partial charge in [-0.15, -0.1) is 0 Å². The van der Waals surface area contributed by atoms with Crippen LogP contribution in [0.2, 0.25) is 0 Å². The third kappa shape index (κ3) is 3.11. The van der Waals surface area contributed by atoms with Gasteiger partial charge < -0.3 is 5.32 Å². The molecule has 0 radical (unpaired) electrons. The minimum absolute atomic E-state index is 0.455. The van der Waals surface area contributed by atoms with Crippen LogP contribution >= 0.6 is 0 Å². The van der Waals surface area contributed by atoms with Gasteiger partial charge in [0.15, 0.2) is 6.19 Å². The summed E-state index contributed by atoms with van der Waals surface area (Å²) >= 11 is 0. The van der Waals surface area contributed by atoms with Gasteiger partial charge in [0.2, 0.25) is 5.96 Å². The van der Waals surface area contributed by atoms with Gasteiger partial charge in [-0.1, -0.05) is 6.07 Å². The first-order valence-corrected chi connectivity index (χ1v) is 4.11. The van der Waals surface area contributed by atoms with Gasteiger partial charge in [-0.3, -0.25) is 15.3 Å². The van der Waals surface area contributed by atoms with E-state index >= 15 is 0 Å². The van der Waals surface area contributed by atoms with Crippen LogP contribution in [0.1, 0.15) is 5.56 Å². The van der Waals surface area contributed by atoms with Crippen LogP contribution in [0.5, 0.6) is 0 Å². The fourth-order valence-electron chi connectivity index (χ4n) is 0.921. The van der Waals surface area contributed by atoms with E-state index in [1.807, 2.05) is 12.1 Å². The Bertz CT molecular complexity index is 338. The van der Waals surface area contributed by atoms with Crippen molar-refractivity contribution in [2.75, 3.05) is 7.05 Å². The number of hydrogen-bond donors (Lipinski definition) is 2. The highest BCUT2D eigenvalue weighted by Crippen LogP contribution is 1.93. The number of guanidine groups is 1. The quantitative estimate of drug-likeness (QED) is 0.302. The van der Waals surface area contributed by atoms with E-state index in [4.69, 9.17) is 5.26 Å². The van der Waals surface area contributed by atoms with E-state index in [-0.39, 0.29) is 0 Å². The molecule has 0 unspecified atom stereocenters. The summed E-state index contributed by atoms with van der Waals surface area (Å²) < 4.78 is 0. The van der Waals surface area contributed by atoms with Crippen molar-refractivity contribution < 1.29 is 0 Å². The molecule has 0 atom stereocenters. The van der Waals surface area contributed by atoms with Crippen molar-refractivity contribution in [3.8, 4) is 6.19 Å². The Morgan fingerprint density at radius 1 is 1.71 bits per heavy atom. The van der Waals surface area contributed by atoms with Gasteiger partial charge in [-0.2, -0.15) is 5.26 Å². The van der Waals surface area contributed by atoms with Crippen LogP contribution in [0.4, 0.5) is 0 Å². The topological polar surface area (TPSA) is 73.1 Å². The zero-order valence-electron chi connectivity index (χ0n) is 7.86. The maximum absolute atomic E-state index is 8.37. The molecule has 0 saturated heterocycles. The number of nitrogens with one attached hydrogen (secondary N) is 2. The second kappa shape index (κ2) is 5.54. The number of aromatic nitrogens is 1. The van der Waals surface area contributed by atoms with Crippen molar-refractivity contribution in [2.24, 2.45) is 4.99 Å². The average Bonchev–Trinajstić information content (AvgIpc) is 2.25. The van der Waals surface area contributed by atoms with Gasteiger partial charge in [0.05, 0.1) is 0 Å². The van der Waals surface area contributed by atoms with Crippen LogP contribution in [0.3, 0.4) is 0 Å². The molecular formula is C9H11N5. The molecule has 2 N–H and O–H groups in total. The van der Waals surface area contributed by atoms with E-state index in [0.717, 1.165) is 5.56 Å². The fraction of sp³-hybridized carbons (Fsp3) is 0.222. The minimum atomic E-state index is 0.455. The summed E-state index contributed by atoms with van der Waals surface area (Å²) in [6, 6.07) is 3.80. The predicted octanol–water partition coefficient (Wildman–Crippen LogP) is 0.228. The summed E-state index contributed by atoms with van der Waals surface area (Å²) in [6.07, 6.45) is 5.27. The highest BCUT2D eigenvalue weighted by Gasteiger charge is 1.95. The molecule has 1 aromatic rings. The van der Waals surface area contributed by atoms with Gasteiger partial charge >= 0.3 is 0 Å². The van der Waals surface area contributed by atoms with E-state index < -0.39 is 0 Å². The molecule has 0 spiro atoms. The molecule has 1 rings (SSSR count). The predicted molar refractivity (Wildman–Crippen MR) is 53.2 cm³/mol. The maximum atomic E-state index is 8.37. The maximum Gasteiger partial charge on any atom is 0.204 e. The molecule has 0 amide bonds. The number of hydrogen-bond acceptors (Lipinski definition) is 3. The van der Waals surface area contributed by atoms with Gasteiger partial charge in [0.25, 0.3) is 0 Å². The monoisotopic (exact) mass is 189 g/mol. The Morgan fingerprint density at radius 3 is 3.14 bits per heavy atom. The second-order valence-corrected chi connectivity index (χ2v) is 2.52. The summed E-state index contributed by atoms with van der Waals surface area (Å²) in [5, 5.41) is 13.8. The number of pyridine rings is 1. The molecule has 72 valence electrons.